The molecule has 2 aromatic carbocycles. The summed E-state index contributed by atoms with van der Waals surface area (Å²) in [7, 11) is 0. The van der Waals surface area contributed by atoms with Crippen molar-refractivity contribution in [3.8, 4) is 0 Å². The second-order valence-corrected chi connectivity index (χ2v) is 19.0. The van der Waals surface area contributed by atoms with Gasteiger partial charge in [-0.3, -0.25) is 0 Å². The van der Waals surface area contributed by atoms with Gasteiger partial charge in [0, 0.05) is 38.8 Å². The fourth-order valence-corrected chi connectivity index (χ4v) is 9.62. The predicted octanol–water partition coefficient (Wildman–Crippen LogP) is 20.1. The van der Waals surface area contributed by atoms with Gasteiger partial charge in [-0.05, 0) is 86.8 Å². The fourth-order valence-electron chi connectivity index (χ4n) is 9.62. The molecule has 0 N–H and O–H groups in total. The van der Waals surface area contributed by atoms with E-state index in [-0.39, 0.29) is 16.5 Å². The summed E-state index contributed by atoms with van der Waals surface area (Å²) in [5.41, 5.74) is 22.1. The first kappa shape index (κ1) is 55.1. The first-order chi connectivity index (χ1) is 29.6. The van der Waals surface area contributed by atoms with Crippen LogP contribution in [0.5, 0.6) is 0 Å². The molecular formula is C58H96N2Ni. The fraction of sp³-hybridized carbons (Fsp3) is 0.724. The molecule has 0 atom stereocenters. The van der Waals surface area contributed by atoms with Crippen LogP contribution in [-0.2, 0) is 29.3 Å². The molecule has 2 aromatic rings. The molecule has 0 unspecified atom stereocenters. The maximum absolute atomic E-state index is 12.2. The summed E-state index contributed by atoms with van der Waals surface area (Å²) >= 11 is 0. The van der Waals surface area contributed by atoms with Crippen molar-refractivity contribution in [3.63, 3.8) is 0 Å². The van der Waals surface area contributed by atoms with Crippen LogP contribution in [0.2, 0.25) is 0 Å². The van der Waals surface area contributed by atoms with Gasteiger partial charge in [-0.1, -0.05) is 245 Å². The van der Waals surface area contributed by atoms with E-state index in [0.717, 1.165) is 49.9 Å². The smallest absolute Gasteiger partial charge is 0.211 e. The maximum Gasteiger partial charge on any atom is 0.211 e. The van der Waals surface area contributed by atoms with Gasteiger partial charge in [0.05, 0.1) is 0 Å². The summed E-state index contributed by atoms with van der Waals surface area (Å²) in [6.07, 6.45) is 51.4. The average Bonchev–Trinajstić information content (AvgIpc) is 3.55. The zero-order chi connectivity index (χ0) is 42.7. The van der Waals surface area contributed by atoms with Crippen LogP contribution in [-0.4, -0.2) is 4.70 Å². The van der Waals surface area contributed by atoms with Crippen LogP contribution in [0, 0.1) is 0 Å². The van der Waals surface area contributed by atoms with Crippen LogP contribution in [0.15, 0.2) is 59.7 Å². The quantitative estimate of drug-likeness (QED) is 0.0362. The van der Waals surface area contributed by atoms with Crippen LogP contribution in [0.4, 0.5) is 0 Å². The van der Waals surface area contributed by atoms with Crippen molar-refractivity contribution in [1.29, 1.82) is 0 Å². The molecule has 0 amide bonds. The van der Waals surface area contributed by atoms with Gasteiger partial charge in [0.1, 0.15) is 0 Å². The second kappa shape index (κ2) is 37.4. The summed E-state index contributed by atoms with van der Waals surface area (Å²) in [6.45, 7) is 9.14. The van der Waals surface area contributed by atoms with Crippen molar-refractivity contribution in [1.82, 2.24) is 0 Å². The third kappa shape index (κ3) is 23.5. The summed E-state index contributed by atoms with van der Waals surface area (Å²) in [6, 6.07) is 18.1. The molecule has 0 fully saturated rings. The molecule has 0 aliphatic carbocycles. The molecule has 0 radical (unpaired) electrons. The molecular weight excluding hydrogens is 783 g/mol. The number of rotatable bonds is 40. The van der Waals surface area contributed by atoms with Gasteiger partial charge in [0.25, 0.3) is 0 Å². The maximum atomic E-state index is 12.2. The van der Waals surface area contributed by atoms with Crippen molar-refractivity contribution in [2.45, 2.75) is 272 Å². The minimum atomic E-state index is 0. The monoisotopic (exact) mass is 879 g/mol. The average molecular weight is 880 g/mol. The summed E-state index contributed by atoms with van der Waals surface area (Å²) in [5.74, 6) is 0. The van der Waals surface area contributed by atoms with Gasteiger partial charge < -0.3 is 5.53 Å². The molecule has 0 spiro atoms. The van der Waals surface area contributed by atoms with Gasteiger partial charge >= 0.3 is 0 Å². The molecule has 0 saturated heterocycles. The Morgan fingerprint density at radius 2 is 0.590 bits per heavy atom. The van der Waals surface area contributed by atoms with E-state index in [1.165, 1.54) is 239 Å². The SMILES string of the molecule is CCCCCCCCCCCCCCCCCCCCCCCCCCCCCCC1=C(c2cccc(CCCC)c2)[N+](=[N-])C(c2cccc(CCCC)c2)=C1CCCC.[Ni]. The van der Waals surface area contributed by atoms with Crippen molar-refractivity contribution in [3.05, 3.63) is 87.5 Å². The normalized spacial score (nSPS) is 12.9. The zero-order valence-electron chi connectivity index (χ0n) is 40.7. The topological polar surface area (TPSA) is 25.3 Å². The van der Waals surface area contributed by atoms with Gasteiger partial charge in [-0.25, -0.2) is 4.70 Å². The Morgan fingerprint density at radius 1 is 0.328 bits per heavy atom. The molecule has 2 nitrogen and oxygen atoms in total. The molecule has 348 valence electrons. The van der Waals surface area contributed by atoms with Gasteiger partial charge in [0.2, 0.25) is 11.4 Å². The molecule has 61 heavy (non-hydrogen) atoms. The Hall–Kier alpha value is -1.99. The number of benzene rings is 2. The number of aryl methyl sites for hydroxylation is 2. The van der Waals surface area contributed by atoms with Crippen LogP contribution in [0.3, 0.4) is 0 Å². The standard InChI is InChI=1S/C58H96N2.Ni/c1-5-9-13-14-15-16-17-18-19-20-21-22-23-24-25-26-27-28-29-30-31-32-33-34-35-36-37-38-48-56-55(47-12-8-4)57(53-45-39-43-51(49-53)41-10-6-2)60(59)58(56)54-46-40-44-52(50-54)42-11-7-3;/h39-40,43-46,49-50H,5-38,41-42,47-48H2,1-4H3;. The number of nitrogens with zero attached hydrogens (tertiary/aromatic N) is 2. The van der Waals surface area contributed by atoms with E-state index in [1.54, 1.807) is 4.70 Å². The summed E-state index contributed by atoms with van der Waals surface area (Å²) < 4.78 is 1.60. The molecule has 0 saturated carbocycles. The summed E-state index contributed by atoms with van der Waals surface area (Å²) in [4.78, 5) is 0. The molecule has 3 heteroatoms. The van der Waals surface area contributed by atoms with Crippen molar-refractivity contribution < 1.29 is 21.2 Å². The number of hydrogen-bond donors (Lipinski definition) is 0. The van der Waals surface area contributed by atoms with Crippen molar-refractivity contribution in [2.75, 3.05) is 0 Å². The van der Waals surface area contributed by atoms with E-state index in [4.69, 9.17) is 0 Å². The third-order valence-electron chi connectivity index (χ3n) is 13.5. The number of hydrogen-bond acceptors (Lipinski definition) is 0. The van der Waals surface area contributed by atoms with E-state index >= 15 is 0 Å². The van der Waals surface area contributed by atoms with Crippen molar-refractivity contribution >= 4 is 11.4 Å². The van der Waals surface area contributed by atoms with Gasteiger partial charge in [-0.15, -0.1) is 0 Å². The molecule has 3 rings (SSSR count). The number of unbranched alkanes of at least 4 members (excludes halogenated alkanes) is 30. The Labute approximate surface area is 389 Å². The van der Waals surface area contributed by atoms with Crippen molar-refractivity contribution in [2.24, 2.45) is 0 Å². The Balaban J connectivity index is 0.0000128. The zero-order valence-corrected chi connectivity index (χ0v) is 41.7. The van der Waals surface area contributed by atoms with E-state index in [0.29, 0.717) is 0 Å². The predicted molar refractivity (Wildman–Crippen MR) is 267 cm³/mol. The largest absolute Gasteiger partial charge is 0.493 e. The minimum absolute atomic E-state index is 0. The van der Waals surface area contributed by atoms with Crippen LogP contribution in [0.1, 0.15) is 281 Å². The van der Waals surface area contributed by atoms with E-state index in [9.17, 15) is 5.53 Å². The van der Waals surface area contributed by atoms with E-state index in [1.807, 2.05) is 0 Å². The molecule has 1 aliphatic heterocycles. The van der Waals surface area contributed by atoms with Gasteiger partial charge in [0.15, 0.2) is 0 Å². The molecule has 1 heterocycles. The molecule has 1 aliphatic rings. The summed E-state index contributed by atoms with van der Waals surface area (Å²) in [5, 5.41) is 0. The van der Waals surface area contributed by atoms with Gasteiger partial charge in [-0.2, -0.15) is 0 Å². The Kier molecular flexibility index (Phi) is 33.8. The van der Waals surface area contributed by atoms with Crippen LogP contribution in [0.25, 0.3) is 16.9 Å². The van der Waals surface area contributed by atoms with E-state index in [2.05, 4.69) is 76.2 Å². The van der Waals surface area contributed by atoms with Crippen LogP contribution >= 0.6 is 0 Å². The Bertz CT molecular complexity index is 1450. The first-order valence-electron chi connectivity index (χ1n) is 26.8. The minimum Gasteiger partial charge on any atom is -0.493 e. The Morgan fingerprint density at radius 3 is 0.902 bits per heavy atom. The second-order valence-electron chi connectivity index (χ2n) is 19.0. The third-order valence-corrected chi connectivity index (χ3v) is 13.5. The molecule has 0 bridgehead atoms. The van der Waals surface area contributed by atoms with E-state index < -0.39 is 0 Å². The molecule has 0 aromatic heterocycles. The van der Waals surface area contributed by atoms with Crippen LogP contribution < -0.4 is 0 Å². The first-order valence-corrected chi connectivity index (χ1v) is 26.8. The number of allylic oxidation sites excluding steroid dienone is 2.